The minimum absolute atomic E-state index is 0.296. The summed E-state index contributed by atoms with van der Waals surface area (Å²) in [5.74, 6) is 0. The van der Waals surface area contributed by atoms with Gasteiger partial charge in [0.2, 0.25) is 0 Å². The average molecular weight is 288 g/mol. The summed E-state index contributed by atoms with van der Waals surface area (Å²) in [5.41, 5.74) is 1.77. The van der Waals surface area contributed by atoms with Gasteiger partial charge in [0.1, 0.15) is 0 Å². The van der Waals surface area contributed by atoms with Crippen LogP contribution in [0.3, 0.4) is 0 Å². The van der Waals surface area contributed by atoms with E-state index < -0.39 is 0 Å². The zero-order valence-corrected chi connectivity index (χ0v) is 14.1. The second-order valence-corrected chi connectivity index (χ2v) is 6.89. The molecule has 1 saturated heterocycles. The molecule has 1 fully saturated rings. The average Bonchev–Trinajstić information content (AvgIpc) is 2.65. The summed E-state index contributed by atoms with van der Waals surface area (Å²) in [6, 6.07) is 11.6. The molecule has 1 heterocycles. The SMILES string of the molecule is CCC1(C)CN(CCCCc2ccccc2)C(C)CCN1. The van der Waals surface area contributed by atoms with Crippen LogP contribution >= 0.6 is 0 Å². The van der Waals surface area contributed by atoms with E-state index in [9.17, 15) is 0 Å². The van der Waals surface area contributed by atoms with Crippen molar-refractivity contribution in [3.8, 4) is 0 Å². The molecule has 0 radical (unpaired) electrons. The Morgan fingerprint density at radius 2 is 2.00 bits per heavy atom. The molecule has 0 aromatic heterocycles. The number of hydrogen-bond donors (Lipinski definition) is 1. The second kappa shape index (κ2) is 7.95. The summed E-state index contributed by atoms with van der Waals surface area (Å²) in [6.45, 7) is 10.7. The first-order valence-corrected chi connectivity index (χ1v) is 8.66. The second-order valence-electron chi connectivity index (χ2n) is 6.89. The summed E-state index contributed by atoms with van der Waals surface area (Å²) >= 11 is 0. The predicted molar refractivity (Wildman–Crippen MR) is 91.7 cm³/mol. The Kier molecular flexibility index (Phi) is 6.25. The summed E-state index contributed by atoms with van der Waals surface area (Å²) in [4.78, 5) is 2.70. The third-order valence-electron chi connectivity index (χ3n) is 5.07. The van der Waals surface area contributed by atoms with Gasteiger partial charge in [-0.2, -0.15) is 0 Å². The van der Waals surface area contributed by atoms with E-state index in [1.165, 1.54) is 50.8 Å². The Hall–Kier alpha value is -0.860. The molecule has 0 bridgehead atoms. The van der Waals surface area contributed by atoms with Gasteiger partial charge in [-0.25, -0.2) is 0 Å². The van der Waals surface area contributed by atoms with E-state index in [0.717, 1.165) is 6.54 Å². The summed E-state index contributed by atoms with van der Waals surface area (Å²) in [6.07, 6.45) is 6.30. The molecule has 2 rings (SSSR count). The number of nitrogens with one attached hydrogen (secondary N) is 1. The molecule has 2 atom stereocenters. The Morgan fingerprint density at radius 1 is 1.24 bits per heavy atom. The third kappa shape index (κ3) is 5.12. The van der Waals surface area contributed by atoms with Gasteiger partial charge in [0.25, 0.3) is 0 Å². The highest BCUT2D eigenvalue weighted by atomic mass is 15.2. The fraction of sp³-hybridized carbons (Fsp3) is 0.684. The molecule has 21 heavy (non-hydrogen) atoms. The van der Waals surface area contributed by atoms with Gasteiger partial charge in [-0.3, -0.25) is 4.90 Å². The molecule has 2 heteroatoms. The minimum atomic E-state index is 0.296. The quantitative estimate of drug-likeness (QED) is 0.800. The molecule has 0 saturated carbocycles. The fourth-order valence-corrected chi connectivity index (χ4v) is 3.25. The highest BCUT2D eigenvalue weighted by molar-refractivity contribution is 5.14. The van der Waals surface area contributed by atoms with Crippen molar-refractivity contribution in [3.05, 3.63) is 35.9 Å². The zero-order chi connectivity index (χ0) is 15.1. The van der Waals surface area contributed by atoms with Gasteiger partial charge in [0.05, 0.1) is 0 Å². The van der Waals surface area contributed by atoms with Crippen molar-refractivity contribution in [2.75, 3.05) is 19.6 Å². The van der Waals surface area contributed by atoms with Crippen LogP contribution in [0, 0.1) is 0 Å². The first-order chi connectivity index (χ1) is 10.1. The molecule has 0 amide bonds. The van der Waals surface area contributed by atoms with Gasteiger partial charge in [-0.1, -0.05) is 37.3 Å². The Bertz CT molecular complexity index is 403. The highest BCUT2D eigenvalue weighted by Gasteiger charge is 2.29. The van der Waals surface area contributed by atoms with Crippen LogP contribution in [0.25, 0.3) is 0 Å². The number of hydrogen-bond acceptors (Lipinski definition) is 2. The molecule has 0 aliphatic carbocycles. The lowest BCUT2D eigenvalue weighted by atomic mass is 9.98. The van der Waals surface area contributed by atoms with Gasteiger partial charge >= 0.3 is 0 Å². The van der Waals surface area contributed by atoms with E-state index in [-0.39, 0.29) is 0 Å². The summed E-state index contributed by atoms with van der Waals surface area (Å²) < 4.78 is 0. The van der Waals surface area contributed by atoms with Crippen molar-refractivity contribution in [2.45, 2.75) is 64.5 Å². The summed E-state index contributed by atoms with van der Waals surface area (Å²) in [5, 5.41) is 3.74. The molecule has 1 aliphatic rings. The van der Waals surface area contributed by atoms with Crippen LogP contribution in [0.4, 0.5) is 0 Å². The van der Waals surface area contributed by atoms with Crippen LogP contribution < -0.4 is 5.32 Å². The molecule has 1 aromatic carbocycles. The number of nitrogens with zero attached hydrogens (tertiary/aromatic N) is 1. The van der Waals surface area contributed by atoms with E-state index in [1.807, 2.05) is 0 Å². The van der Waals surface area contributed by atoms with Crippen LogP contribution in [-0.2, 0) is 6.42 Å². The van der Waals surface area contributed by atoms with Crippen molar-refractivity contribution < 1.29 is 0 Å². The molecular weight excluding hydrogens is 256 g/mol. The highest BCUT2D eigenvalue weighted by Crippen LogP contribution is 2.19. The molecule has 1 N–H and O–H groups in total. The first-order valence-electron chi connectivity index (χ1n) is 8.66. The van der Waals surface area contributed by atoms with Gasteiger partial charge in [-0.15, -0.1) is 0 Å². The van der Waals surface area contributed by atoms with Crippen LogP contribution in [0.5, 0.6) is 0 Å². The van der Waals surface area contributed by atoms with Crippen molar-refractivity contribution in [1.29, 1.82) is 0 Å². The van der Waals surface area contributed by atoms with Crippen molar-refractivity contribution in [1.82, 2.24) is 10.2 Å². The normalized spacial score (nSPS) is 27.5. The third-order valence-corrected chi connectivity index (χ3v) is 5.07. The maximum absolute atomic E-state index is 3.74. The molecule has 118 valence electrons. The smallest absolute Gasteiger partial charge is 0.0277 e. The lowest BCUT2D eigenvalue weighted by molar-refractivity contribution is 0.168. The maximum atomic E-state index is 3.74. The maximum Gasteiger partial charge on any atom is 0.0277 e. The van der Waals surface area contributed by atoms with E-state index in [4.69, 9.17) is 0 Å². The van der Waals surface area contributed by atoms with Crippen LogP contribution in [0.15, 0.2) is 30.3 Å². The monoisotopic (exact) mass is 288 g/mol. The lowest BCUT2D eigenvalue weighted by Gasteiger charge is -2.35. The number of benzene rings is 1. The largest absolute Gasteiger partial charge is 0.310 e. The van der Waals surface area contributed by atoms with Gasteiger partial charge < -0.3 is 5.32 Å². The fourth-order valence-electron chi connectivity index (χ4n) is 3.25. The van der Waals surface area contributed by atoms with Crippen LogP contribution in [-0.4, -0.2) is 36.1 Å². The van der Waals surface area contributed by atoms with E-state index >= 15 is 0 Å². The van der Waals surface area contributed by atoms with Crippen molar-refractivity contribution >= 4 is 0 Å². The Morgan fingerprint density at radius 3 is 2.71 bits per heavy atom. The molecular formula is C19H32N2. The predicted octanol–water partition coefficient (Wildman–Crippen LogP) is 3.86. The van der Waals surface area contributed by atoms with Crippen LogP contribution in [0.2, 0.25) is 0 Å². The van der Waals surface area contributed by atoms with Crippen LogP contribution in [0.1, 0.15) is 52.0 Å². The number of aryl methyl sites for hydroxylation is 1. The van der Waals surface area contributed by atoms with Crippen molar-refractivity contribution in [3.63, 3.8) is 0 Å². The van der Waals surface area contributed by atoms with E-state index in [1.54, 1.807) is 0 Å². The molecule has 0 spiro atoms. The topological polar surface area (TPSA) is 15.3 Å². The Balaban J connectivity index is 1.77. The molecule has 1 aromatic rings. The van der Waals surface area contributed by atoms with Gasteiger partial charge in [-0.05, 0) is 64.6 Å². The summed E-state index contributed by atoms with van der Waals surface area (Å²) in [7, 11) is 0. The zero-order valence-electron chi connectivity index (χ0n) is 14.1. The Labute approximate surface area is 130 Å². The number of unbranched alkanes of at least 4 members (excludes halogenated alkanes) is 1. The van der Waals surface area contributed by atoms with E-state index in [0.29, 0.717) is 11.6 Å². The minimum Gasteiger partial charge on any atom is -0.310 e. The first kappa shape index (κ1) is 16.5. The standard InChI is InChI=1S/C19H32N2/c1-4-19(3)16-21(17(2)13-14-20-19)15-9-8-12-18-10-6-5-7-11-18/h5-7,10-11,17,20H,4,8-9,12-16H2,1-3H3. The van der Waals surface area contributed by atoms with Gasteiger partial charge in [0.15, 0.2) is 0 Å². The van der Waals surface area contributed by atoms with E-state index in [2.05, 4.69) is 61.3 Å². The lowest BCUT2D eigenvalue weighted by Crippen LogP contribution is -2.49. The number of rotatable bonds is 6. The van der Waals surface area contributed by atoms with Crippen molar-refractivity contribution in [2.24, 2.45) is 0 Å². The molecule has 2 unspecified atom stereocenters. The molecule has 1 aliphatic heterocycles. The van der Waals surface area contributed by atoms with Gasteiger partial charge in [0, 0.05) is 18.1 Å². The molecule has 2 nitrogen and oxygen atoms in total.